The molecule has 0 spiro atoms. The third-order valence-corrected chi connectivity index (χ3v) is 5.22. The van der Waals surface area contributed by atoms with Gasteiger partial charge in [0.1, 0.15) is 5.25 Å². The van der Waals surface area contributed by atoms with Crippen LogP contribution >= 0.6 is 0 Å². The van der Waals surface area contributed by atoms with E-state index in [2.05, 4.69) is 0 Å². The molecule has 116 valence electrons. The number of aryl methyl sites for hydroxylation is 1. The summed E-state index contributed by atoms with van der Waals surface area (Å²) in [5.74, 6) is 0.272. The minimum absolute atomic E-state index is 0.128. The van der Waals surface area contributed by atoms with E-state index in [1.165, 1.54) is 0 Å². The molecule has 2 rings (SSSR count). The van der Waals surface area contributed by atoms with Gasteiger partial charge in [-0.25, -0.2) is 0 Å². The standard InChI is InChI=1S/C18H21NO2S/c1-14-8-7-9-16(12-14)13-22(21)15(2)18(20)19(3)17-10-5-4-6-11-17/h4-12,15H,13H2,1-3H3/t15-,22-/m1/s1. The van der Waals surface area contributed by atoms with Crippen LogP contribution in [0.4, 0.5) is 5.69 Å². The second-order valence-corrected chi connectivity index (χ2v) is 7.15. The number of para-hydroxylation sites is 1. The molecule has 0 aromatic heterocycles. The summed E-state index contributed by atoms with van der Waals surface area (Å²) < 4.78 is 12.5. The minimum Gasteiger partial charge on any atom is -0.314 e. The second kappa shape index (κ2) is 7.36. The first kappa shape index (κ1) is 16.4. The Kier molecular flexibility index (Phi) is 5.50. The number of benzene rings is 2. The van der Waals surface area contributed by atoms with Crippen LogP contribution in [0.3, 0.4) is 0 Å². The molecule has 0 radical (unpaired) electrons. The average Bonchev–Trinajstić information content (AvgIpc) is 2.53. The first-order valence-electron chi connectivity index (χ1n) is 7.24. The summed E-state index contributed by atoms with van der Waals surface area (Å²) >= 11 is 0. The summed E-state index contributed by atoms with van der Waals surface area (Å²) in [7, 11) is 0.481. The monoisotopic (exact) mass is 315 g/mol. The summed E-state index contributed by atoms with van der Waals surface area (Å²) in [6.07, 6.45) is 0. The highest BCUT2D eigenvalue weighted by Gasteiger charge is 2.24. The van der Waals surface area contributed by atoms with Gasteiger partial charge in [-0.05, 0) is 31.5 Å². The lowest BCUT2D eigenvalue weighted by Gasteiger charge is -2.21. The van der Waals surface area contributed by atoms with Crippen molar-refractivity contribution in [3.8, 4) is 0 Å². The van der Waals surface area contributed by atoms with Gasteiger partial charge in [0.25, 0.3) is 0 Å². The fourth-order valence-corrected chi connectivity index (χ4v) is 3.40. The van der Waals surface area contributed by atoms with Gasteiger partial charge in [0, 0.05) is 29.3 Å². The van der Waals surface area contributed by atoms with Gasteiger partial charge in [0.2, 0.25) is 5.91 Å². The van der Waals surface area contributed by atoms with Gasteiger partial charge in [0.15, 0.2) is 0 Å². The molecule has 0 fully saturated rings. The smallest absolute Gasteiger partial charge is 0.242 e. The Bertz CT molecular complexity index is 670. The van der Waals surface area contributed by atoms with Crippen LogP contribution in [0, 0.1) is 6.92 Å². The first-order valence-corrected chi connectivity index (χ1v) is 8.62. The fraction of sp³-hybridized carbons (Fsp3) is 0.278. The van der Waals surface area contributed by atoms with E-state index in [1.807, 2.05) is 61.5 Å². The molecule has 4 heteroatoms. The Hall–Kier alpha value is -1.94. The molecular weight excluding hydrogens is 294 g/mol. The van der Waals surface area contributed by atoms with E-state index in [4.69, 9.17) is 0 Å². The third kappa shape index (κ3) is 4.04. The minimum atomic E-state index is -1.24. The molecule has 0 unspecified atom stereocenters. The summed E-state index contributed by atoms with van der Waals surface area (Å²) in [4.78, 5) is 14.0. The number of carbonyl (C=O) groups excluding carboxylic acids is 1. The van der Waals surface area contributed by atoms with Crippen molar-refractivity contribution in [3.05, 3.63) is 65.7 Å². The molecule has 0 aliphatic rings. The van der Waals surface area contributed by atoms with Crippen LogP contribution in [-0.4, -0.2) is 22.4 Å². The average molecular weight is 315 g/mol. The zero-order chi connectivity index (χ0) is 16.1. The number of hydrogen-bond acceptors (Lipinski definition) is 2. The maximum Gasteiger partial charge on any atom is 0.242 e. The van der Waals surface area contributed by atoms with Gasteiger partial charge >= 0.3 is 0 Å². The summed E-state index contributed by atoms with van der Waals surface area (Å²) in [5.41, 5.74) is 2.95. The van der Waals surface area contributed by atoms with Crippen LogP contribution in [0.25, 0.3) is 0 Å². The number of nitrogens with zero attached hydrogens (tertiary/aromatic N) is 1. The molecule has 0 bridgehead atoms. The van der Waals surface area contributed by atoms with Crippen LogP contribution in [0.1, 0.15) is 18.1 Å². The number of carbonyl (C=O) groups is 1. The van der Waals surface area contributed by atoms with Crippen molar-refractivity contribution in [2.75, 3.05) is 11.9 Å². The van der Waals surface area contributed by atoms with Crippen LogP contribution < -0.4 is 4.90 Å². The predicted molar refractivity (Wildman–Crippen MR) is 92.3 cm³/mol. The molecule has 3 nitrogen and oxygen atoms in total. The predicted octanol–water partition coefficient (Wildman–Crippen LogP) is 3.30. The Morgan fingerprint density at radius 1 is 1.14 bits per heavy atom. The molecule has 0 aliphatic carbocycles. The van der Waals surface area contributed by atoms with E-state index in [0.717, 1.165) is 16.8 Å². The number of rotatable bonds is 5. The molecule has 22 heavy (non-hydrogen) atoms. The summed E-state index contributed by atoms with van der Waals surface area (Å²) in [6.45, 7) is 3.73. The lowest BCUT2D eigenvalue weighted by Crippen LogP contribution is -2.37. The third-order valence-electron chi connectivity index (χ3n) is 3.61. The Morgan fingerprint density at radius 3 is 2.45 bits per heavy atom. The van der Waals surface area contributed by atoms with Gasteiger partial charge in [-0.3, -0.25) is 9.00 Å². The zero-order valence-corrected chi connectivity index (χ0v) is 14.0. The summed E-state index contributed by atoms with van der Waals surface area (Å²) in [6, 6.07) is 17.3. The van der Waals surface area contributed by atoms with E-state index < -0.39 is 16.0 Å². The van der Waals surface area contributed by atoms with Gasteiger partial charge < -0.3 is 4.90 Å². The van der Waals surface area contributed by atoms with Crippen LogP contribution in [0.5, 0.6) is 0 Å². The van der Waals surface area contributed by atoms with E-state index in [-0.39, 0.29) is 5.91 Å². The molecule has 0 saturated heterocycles. The normalized spacial score (nSPS) is 13.4. The highest BCUT2D eigenvalue weighted by Crippen LogP contribution is 2.16. The number of amides is 1. The number of anilines is 1. The molecule has 2 aromatic rings. The molecule has 0 saturated carbocycles. The van der Waals surface area contributed by atoms with Crippen molar-refractivity contribution < 1.29 is 9.00 Å². The van der Waals surface area contributed by atoms with Crippen molar-refractivity contribution in [1.82, 2.24) is 0 Å². The summed E-state index contributed by atoms with van der Waals surface area (Å²) in [5, 5.41) is -0.536. The topological polar surface area (TPSA) is 37.4 Å². The van der Waals surface area contributed by atoms with E-state index in [9.17, 15) is 9.00 Å². The first-order chi connectivity index (χ1) is 10.5. The van der Waals surface area contributed by atoms with Gasteiger partial charge in [-0.2, -0.15) is 0 Å². The van der Waals surface area contributed by atoms with Gasteiger partial charge in [-0.15, -0.1) is 0 Å². The fourth-order valence-electron chi connectivity index (χ4n) is 2.26. The number of hydrogen-bond donors (Lipinski definition) is 0. The van der Waals surface area contributed by atoms with E-state index in [0.29, 0.717) is 5.75 Å². The quantitative estimate of drug-likeness (QED) is 0.849. The highest BCUT2D eigenvalue weighted by atomic mass is 32.2. The van der Waals surface area contributed by atoms with Crippen LogP contribution in [0.15, 0.2) is 54.6 Å². The maximum absolute atomic E-state index is 12.5. The Balaban J connectivity index is 2.05. The van der Waals surface area contributed by atoms with Crippen LogP contribution in [0.2, 0.25) is 0 Å². The molecule has 2 atom stereocenters. The molecule has 2 aromatic carbocycles. The van der Waals surface area contributed by atoms with Crippen molar-refractivity contribution in [1.29, 1.82) is 0 Å². The van der Waals surface area contributed by atoms with Crippen molar-refractivity contribution in [3.63, 3.8) is 0 Å². The van der Waals surface area contributed by atoms with Crippen molar-refractivity contribution in [2.24, 2.45) is 0 Å². The molecular formula is C18H21NO2S. The molecule has 0 aliphatic heterocycles. The van der Waals surface area contributed by atoms with E-state index in [1.54, 1.807) is 18.9 Å². The molecule has 0 N–H and O–H groups in total. The van der Waals surface area contributed by atoms with E-state index >= 15 is 0 Å². The zero-order valence-electron chi connectivity index (χ0n) is 13.2. The largest absolute Gasteiger partial charge is 0.314 e. The SMILES string of the molecule is Cc1cccc(C[S@@](=O)[C@H](C)C(=O)N(C)c2ccccc2)c1. The molecule has 0 heterocycles. The molecule has 1 amide bonds. The van der Waals surface area contributed by atoms with Crippen LogP contribution in [-0.2, 0) is 21.3 Å². The van der Waals surface area contributed by atoms with Gasteiger partial charge in [0.05, 0.1) is 0 Å². The second-order valence-electron chi connectivity index (χ2n) is 5.39. The Labute approximate surface area is 134 Å². The lowest BCUT2D eigenvalue weighted by molar-refractivity contribution is -0.117. The Morgan fingerprint density at radius 2 is 1.82 bits per heavy atom. The van der Waals surface area contributed by atoms with Gasteiger partial charge in [-0.1, -0.05) is 48.0 Å². The van der Waals surface area contributed by atoms with Crippen molar-refractivity contribution in [2.45, 2.75) is 24.9 Å². The lowest BCUT2D eigenvalue weighted by atomic mass is 10.2. The highest BCUT2D eigenvalue weighted by molar-refractivity contribution is 7.85. The maximum atomic E-state index is 12.5. The van der Waals surface area contributed by atoms with Crippen molar-refractivity contribution >= 4 is 22.4 Å².